The lowest BCUT2D eigenvalue weighted by Crippen LogP contribution is -2.36. The highest BCUT2D eigenvalue weighted by atomic mass is 16.2. The summed E-state index contributed by atoms with van der Waals surface area (Å²) in [6.07, 6.45) is 6.02. The first kappa shape index (κ1) is 10.6. The predicted molar refractivity (Wildman–Crippen MR) is 68.5 cm³/mol. The molecule has 0 aromatic heterocycles. The molecule has 1 aromatic rings. The van der Waals surface area contributed by atoms with Gasteiger partial charge in [-0.15, -0.1) is 0 Å². The van der Waals surface area contributed by atoms with Crippen molar-refractivity contribution in [3.63, 3.8) is 0 Å². The van der Waals surface area contributed by atoms with Crippen LogP contribution in [0.4, 0.5) is 0 Å². The molecule has 2 heteroatoms. The number of hydrogen-bond acceptors (Lipinski definition) is 1. The second kappa shape index (κ2) is 4.02. The molecule has 0 saturated heterocycles. The number of carbonyl (C=O) groups is 1. The lowest BCUT2D eigenvalue weighted by molar-refractivity contribution is 0.0778. The molecule has 1 amide bonds. The zero-order valence-electron chi connectivity index (χ0n) is 9.98. The first-order valence-corrected chi connectivity index (χ1v) is 6.41. The maximum atomic E-state index is 12.4. The van der Waals surface area contributed by atoms with Gasteiger partial charge in [-0.1, -0.05) is 44.0 Å². The van der Waals surface area contributed by atoms with Gasteiger partial charge in [-0.05, 0) is 18.9 Å². The van der Waals surface area contributed by atoms with E-state index in [0.29, 0.717) is 6.04 Å². The molecule has 1 aliphatic heterocycles. The second-order valence-electron chi connectivity index (χ2n) is 4.96. The average Bonchev–Trinajstić information content (AvgIpc) is 2.64. The van der Waals surface area contributed by atoms with Gasteiger partial charge in [-0.25, -0.2) is 0 Å². The molecule has 1 saturated carbocycles. The van der Waals surface area contributed by atoms with Crippen molar-refractivity contribution in [3.05, 3.63) is 42.0 Å². The fraction of sp³-hybridized carbons (Fsp3) is 0.400. The van der Waals surface area contributed by atoms with Crippen LogP contribution < -0.4 is 0 Å². The Hall–Kier alpha value is -1.57. The van der Waals surface area contributed by atoms with Crippen molar-refractivity contribution in [2.45, 2.75) is 38.1 Å². The Morgan fingerprint density at radius 2 is 1.71 bits per heavy atom. The summed E-state index contributed by atoms with van der Waals surface area (Å²) in [4.78, 5) is 14.3. The van der Waals surface area contributed by atoms with Crippen LogP contribution in [0.5, 0.6) is 0 Å². The lowest BCUT2D eigenvalue weighted by atomic mass is 9.94. The van der Waals surface area contributed by atoms with Crippen LogP contribution in [0.3, 0.4) is 0 Å². The van der Waals surface area contributed by atoms with Crippen LogP contribution in [-0.2, 0) is 0 Å². The van der Waals surface area contributed by atoms with Crippen molar-refractivity contribution in [3.8, 4) is 0 Å². The molecule has 2 aliphatic rings. The van der Waals surface area contributed by atoms with Gasteiger partial charge >= 0.3 is 0 Å². The number of nitrogens with zero attached hydrogens (tertiary/aromatic N) is 1. The van der Waals surface area contributed by atoms with Crippen molar-refractivity contribution >= 4 is 11.6 Å². The van der Waals surface area contributed by atoms with Gasteiger partial charge in [-0.2, -0.15) is 0 Å². The molecule has 1 aromatic carbocycles. The molecule has 88 valence electrons. The summed E-state index contributed by atoms with van der Waals surface area (Å²) in [5, 5.41) is 0. The highest BCUT2D eigenvalue weighted by Gasteiger charge is 2.35. The van der Waals surface area contributed by atoms with Crippen LogP contribution in [0.1, 0.15) is 48.0 Å². The van der Waals surface area contributed by atoms with E-state index in [2.05, 4.69) is 6.58 Å². The number of benzene rings is 1. The standard InChI is InChI=1S/C15H17NO/c1-11-13-9-5-6-10-14(13)15(17)16(11)12-7-3-2-4-8-12/h5-6,9-10,12H,1-4,7-8H2. The summed E-state index contributed by atoms with van der Waals surface area (Å²) in [7, 11) is 0. The monoisotopic (exact) mass is 227 g/mol. The van der Waals surface area contributed by atoms with Crippen LogP contribution in [0.25, 0.3) is 5.70 Å². The summed E-state index contributed by atoms with van der Waals surface area (Å²) < 4.78 is 0. The Kier molecular flexibility index (Phi) is 2.50. The molecule has 0 radical (unpaired) electrons. The molecule has 2 nitrogen and oxygen atoms in total. The van der Waals surface area contributed by atoms with Crippen LogP contribution in [0.15, 0.2) is 30.8 Å². The van der Waals surface area contributed by atoms with Crippen LogP contribution in [0.2, 0.25) is 0 Å². The maximum absolute atomic E-state index is 12.4. The van der Waals surface area contributed by atoms with Crippen molar-refractivity contribution in [2.24, 2.45) is 0 Å². The Balaban J connectivity index is 1.94. The summed E-state index contributed by atoms with van der Waals surface area (Å²) in [6.45, 7) is 4.11. The van der Waals surface area contributed by atoms with Crippen molar-refractivity contribution < 1.29 is 4.79 Å². The van der Waals surface area contributed by atoms with E-state index in [9.17, 15) is 4.79 Å². The van der Waals surface area contributed by atoms with Crippen LogP contribution in [-0.4, -0.2) is 16.8 Å². The predicted octanol–water partition coefficient (Wildman–Crippen LogP) is 3.45. The fourth-order valence-corrected chi connectivity index (χ4v) is 3.03. The summed E-state index contributed by atoms with van der Waals surface area (Å²) >= 11 is 0. The molecular formula is C15H17NO. The van der Waals surface area contributed by atoms with E-state index in [1.54, 1.807) is 0 Å². The van der Waals surface area contributed by atoms with E-state index in [1.807, 2.05) is 29.2 Å². The third-order valence-electron chi connectivity index (χ3n) is 3.92. The fourth-order valence-electron chi connectivity index (χ4n) is 3.03. The zero-order valence-corrected chi connectivity index (χ0v) is 9.98. The van der Waals surface area contributed by atoms with E-state index in [1.165, 1.54) is 19.3 Å². The minimum Gasteiger partial charge on any atom is -0.305 e. The number of amides is 1. The van der Waals surface area contributed by atoms with E-state index in [-0.39, 0.29) is 5.91 Å². The maximum Gasteiger partial charge on any atom is 0.259 e. The van der Waals surface area contributed by atoms with Gasteiger partial charge in [0.25, 0.3) is 5.91 Å². The summed E-state index contributed by atoms with van der Waals surface area (Å²) in [5.74, 6) is 0.150. The quantitative estimate of drug-likeness (QED) is 0.719. The third kappa shape index (κ3) is 1.59. The Bertz CT molecular complexity index is 437. The molecule has 0 N–H and O–H groups in total. The minimum atomic E-state index is 0.150. The van der Waals surface area contributed by atoms with Gasteiger partial charge in [0.2, 0.25) is 0 Å². The molecule has 0 unspecified atom stereocenters. The summed E-state index contributed by atoms with van der Waals surface area (Å²) in [5.41, 5.74) is 2.74. The van der Waals surface area contributed by atoms with Gasteiger partial charge in [0, 0.05) is 22.9 Å². The minimum absolute atomic E-state index is 0.150. The van der Waals surface area contributed by atoms with Gasteiger partial charge < -0.3 is 4.90 Å². The number of fused-ring (bicyclic) bond motifs is 1. The van der Waals surface area contributed by atoms with Crippen molar-refractivity contribution in [2.75, 3.05) is 0 Å². The topological polar surface area (TPSA) is 20.3 Å². The van der Waals surface area contributed by atoms with E-state index in [4.69, 9.17) is 0 Å². The van der Waals surface area contributed by atoms with Crippen LogP contribution >= 0.6 is 0 Å². The van der Waals surface area contributed by atoms with E-state index in [0.717, 1.165) is 29.7 Å². The molecule has 1 fully saturated rings. The Labute approximate surface area is 102 Å². The van der Waals surface area contributed by atoms with Gasteiger partial charge in [0.15, 0.2) is 0 Å². The highest BCUT2D eigenvalue weighted by molar-refractivity contribution is 6.09. The molecule has 3 rings (SSSR count). The molecule has 0 atom stereocenters. The SMILES string of the molecule is C=C1c2ccccc2C(=O)N1C1CCCCC1. The van der Waals surface area contributed by atoms with Gasteiger partial charge in [-0.3, -0.25) is 4.79 Å². The van der Waals surface area contributed by atoms with Crippen LogP contribution in [0, 0.1) is 0 Å². The van der Waals surface area contributed by atoms with Gasteiger partial charge in [0.05, 0.1) is 0 Å². The number of carbonyl (C=O) groups excluding carboxylic acids is 1. The molecule has 17 heavy (non-hydrogen) atoms. The third-order valence-corrected chi connectivity index (χ3v) is 3.92. The highest BCUT2D eigenvalue weighted by Crippen LogP contribution is 2.36. The van der Waals surface area contributed by atoms with Gasteiger partial charge in [0.1, 0.15) is 0 Å². The molecule has 1 heterocycles. The van der Waals surface area contributed by atoms with Crippen molar-refractivity contribution in [1.29, 1.82) is 0 Å². The second-order valence-corrected chi connectivity index (χ2v) is 4.96. The van der Waals surface area contributed by atoms with E-state index >= 15 is 0 Å². The van der Waals surface area contributed by atoms with Crippen molar-refractivity contribution in [1.82, 2.24) is 4.90 Å². The molecule has 1 aliphatic carbocycles. The first-order chi connectivity index (χ1) is 8.29. The Morgan fingerprint density at radius 1 is 1.06 bits per heavy atom. The van der Waals surface area contributed by atoms with E-state index < -0.39 is 0 Å². The molecular weight excluding hydrogens is 210 g/mol. The Morgan fingerprint density at radius 3 is 2.35 bits per heavy atom. The lowest BCUT2D eigenvalue weighted by Gasteiger charge is -2.31. The molecule has 0 spiro atoms. The smallest absolute Gasteiger partial charge is 0.259 e. The largest absolute Gasteiger partial charge is 0.305 e. The normalized spacial score (nSPS) is 20.8. The average molecular weight is 227 g/mol. The molecule has 0 bridgehead atoms. The first-order valence-electron chi connectivity index (χ1n) is 6.41. The number of hydrogen-bond donors (Lipinski definition) is 0. The summed E-state index contributed by atoms with van der Waals surface area (Å²) in [6, 6.07) is 8.18. The zero-order chi connectivity index (χ0) is 11.8. The number of rotatable bonds is 1.